The highest BCUT2D eigenvalue weighted by molar-refractivity contribution is 7.80. The highest BCUT2D eigenvalue weighted by Gasteiger charge is 2.07. The largest absolute Gasteiger partial charge is 0.389 e. The zero-order chi connectivity index (χ0) is 14.0. The number of nitrogens with zero attached hydrogens (tertiary/aromatic N) is 1. The third-order valence-corrected chi connectivity index (χ3v) is 3.08. The van der Waals surface area contributed by atoms with E-state index in [4.69, 9.17) is 18.0 Å². The second kappa shape index (κ2) is 5.32. The van der Waals surface area contributed by atoms with Crippen molar-refractivity contribution in [3.05, 3.63) is 69.4 Å². The van der Waals surface area contributed by atoms with E-state index in [1.54, 1.807) is 42.0 Å². The summed E-state index contributed by atoms with van der Waals surface area (Å²) in [7, 11) is 0. The van der Waals surface area contributed by atoms with Gasteiger partial charge < -0.3 is 10.3 Å². The molecule has 0 bridgehead atoms. The fraction of sp³-hybridized carbons (Fsp3) is 0.143. The van der Waals surface area contributed by atoms with Gasteiger partial charge in [-0.2, -0.15) is 0 Å². The molecule has 0 aliphatic heterocycles. The molecule has 0 aliphatic rings. The molecule has 1 aromatic carbocycles. The first-order valence-corrected chi connectivity index (χ1v) is 6.14. The Morgan fingerprint density at radius 2 is 2.16 bits per heavy atom. The fourth-order valence-electron chi connectivity index (χ4n) is 1.84. The van der Waals surface area contributed by atoms with Crippen LogP contribution in [-0.4, -0.2) is 9.56 Å². The molecule has 1 aromatic heterocycles. The van der Waals surface area contributed by atoms with Gasteiger partial charge in [0.15, 0.2) is 0 Å². The topological polar surface area (TPSA) is 48.0 Å². The zero-order valence-electron chi connectivity index (χ0n) is 10.4. The van der Waals surface area contributed by atoms with Gasteiger partial charge in [0.25, 0.3) is 5.56 Å². The monoisotopic (exact) mass is 276 g/mol. The van der Waals surface area contributed by atoms with E-state index in [1.165, 1.54) is 6.07 Å². The van der Waals surface area contributed by atoms with E-state index in [1.807, 2.05) is 0 Å². The number of nitrogens with two attached hydrogens (primary N) is 1. The molecule has 2 N–H and O–H groups in total. The molecule has 98 valence electrons. The molecule has 0 unspecified atom stereocenters. The van der Waals surface area contributed by atoms with E-state index in [0.717, 1.165) is 5.56 Å². The molecule has 2 rings (SSSR count). The molecule has 0 atom stereocenters. The molecule has 0 amide bonds. The Morgan fingerprint density at radius 1 is 1.42 bits per heavy atom. The molecule has 19 heavy (non-hydrogen) atoms. The molecule has 0 radical (unpaired) electrons. The molecule has 0 aliphatic carbocycles. The van der Waals surface area contributed by atoms with E-state index >= 15 is 0 Å². The number of hydrogen-bond acceptors (Lipinski definition) is 2. The summed E-state index contributed by atoms with van der Waals surface area (Å²) in [5.74, 6) is -0.451. The molecule has 0 saturated heterocycles. The number of thiocarbonyl (C=S) groups is 1. The van der Waals surface area contributed by atoms with E-state index in [0.29, 0.717) is 12.1 Å². The van der Waals surface area contributed by atoms with Gasteiger partial charge in [-0.25, -0.2) is 4.39 Å². The van der Waals surface area contributed by atoms with Crippen LogP contribution in [-0.2, 0) is 6.54 Å². The van der Waals surface area contributed by atoms with E-state index in [-0.39, 0.29) is 16.1 Å². The number of halogens is 1. The van der Waals surface area contributed by atoms with Crippen LogP contribution in [0.1, 0.15) is 16.7 Å². The van der Waals surface area contributed by atoms with Gasteiger partial charge in [-0.3, -0.25) is 4.79 Å². The summed E-state index contributed by atoms with van der Waals surface area (Å²) in [5, 5.41) is 0. The van der Waals surface area contributed by atoms with Gasteiger partial charge in [0.2, 0.25) is 0 Å². The summed E-state index contributed by atoms with van der Waals surface area (Å²) >= 11 is 4.79. The summed E-state index contributed by atoms with van der Waals surface area (Å²) in [5.41, 5.74) is 7.03. The third-order valence-electron chi connectivity index (χ3n) is 2.86. The van der Waals surface area contributed by atoms with Crippen molar-refractivity contribution in [3.63, 3.8) is 0 Å². The van der Waals surface area contributed by atoms with Crippen LogP contribution < -0.4 is 11.3 Å². The van der Waals surface area contributed by atoms with Crippen molar-refractivity contribution in [3.8, 4) is 0 Å². The number of hydrogen-bond donors (Lipinski definition) is 1. The van der Waals surface area contributed by atoms with Crippen LogP contribution in [0.3, 0.4) is 0 Å². The molecule has 3 nitrogen and oxygen atoms in total. The molecular weight excluding hydrogens is 263 g/mol. The molecule has 0 spiro atoms. The van der Waals surface area contributed by atoms with Gasteiger partial charge in [-0.15, -0.1) is 0 Å². The van der Waals surface area contributed by atoms with Crippen molar-refractivity contribution in [2.24, 2.45) is 5.73 Å². The van der Waals surface area contributed by atoms with Crippen LogP contribution in [0.4, 0.5) is 4.39 Å². The zero-order valence-corrected chi connectivity index (χ0v) is 11.2. The van der Waals surface area contributed by atoms with Crippen LogP contribution in [0, 0.1) is 12.7 Å². The minimum atomic E-state index is -0.451. The van der Waals surface area contributed by atoms with Crippen molar-refractivity contribution in [2.75, 3.05) is 0 Å². The van der Waals surface area contributed by atoms with Gasteiger partial charge in [0.05, 0.1) is 6.54 Å². The molecule has 1 heterocycles. The first kappa shape index (κ1) is 13.4. The van der Waals surface area contributed by atoms with Crippen molar-refractivity contribution in [2.45, 2.75) is 13.5 Å². The van der Waals surface area contributed by atoms with Crippen molar-refractivity contribution < 1.29 is 4.39 Å². The highest BCUT2D eigenvalue weighted by atomic mass is 32.1. The van der Waals surface area contributed by atoms with Crippen LogP contribution in [0.2, 0.25) is 0 Å². The maximum Gasteiger partial charge on any atom is 0.253 e. The SMILES string of the molecule is Cc1cccn(Cc2ccc(F)c(C(N)=S)c2)c1=O. The van der Waals surface area contributed by atoms with Gasteiger partial charge in [-0.1, -0.05) is 24.4 Å². The van der Waals surface area contributed by atoms with Crippen molar-refractivity contribution >= 4 is 17.2 Å². The van der Waals surface area contributed by atoms with E-state index in [2.05, 4.69) is 0 Å². The van der Waals surface area contributed by atoms with Gasteiger partial charge in [-0.05, 0) is 30.7 Å². The minimum absolute atomic E-state index is 0.0101. The van der Waals surface area contributed by atoms with Gasteiger partial charge >= 0.3 is 0 Å². The Kier molecular flexibility index (Phi) is 3.76. The number of benzene rings is 1. The van der Waals surface area contributed by atoms with Crippen LogP contribution in [0.5, 0.6) is 0 Å². The molecule has 2 aromatic rings. The lowest BCUT2D eigenvalue weighted by Gasteiger charge is -2.08. The standard InChI is InChI=1S/C14H13FN2OS/c1-9-3-2-6-17(14(9)18)8-10-4-5-12(15)11(7-10)13(16)19/h2-7H,8H2,1H3,(H2,16,19). The maximum absolute atomic E-state index is 13.5. The number of aromatic nitrogens is 1. The molecule has 0 saturated carbocycles. The lowest BCUT2D eigenvalue weighted by molar-refractivity contribution is 0.623. The normalized spacial score (nSPS) is 10.4. The fourth-order valence-corrected chi connectivity index (χ4v) is 1.99. The predicted molar refractivity (Wildman–Crippen MR) is 76.8 cm³/mol. The minimum Gasteiger partial charge on any atom is -0.389 e. The average Bonchev–Trinajstić information content (AvgIpc) is 2.37. The summed E-state index contributed by atoms with van der Waals surface area (Å²) in [4.78, 5) is 11.9. The van der Waals surface area contributed by atoms with Gasteiger partial charge in [0, 0.05) is 17.3 Å². The van der Waals surface area contributed by atoms with Crippen molar-refractivity contribution in [1.29, 1.82) is 0 Å². The van der Waals surface area contributed by atoms with Gasteiger partial charge in [0.1, 0.15) is 10.8 Å². The smallest absolute Gasteiger partial charge is 0.253 e. The summed E-state index contributed by atoms with van der Waals surface area (Å²) in [6.45, 7) is 2.11. The lowest BCUT2D eigenvalue weighted by atomic mass is 10.1. The second-order valence-electron chi connectivity index (χ2n) is 4.30. The Balaban J connectivity index is 2.39. The molecule has 0 fully saturated rings. The third kappa shape index (κ3) is 2.88. The summed E-state index contributed by atoms with van der Waals surface area (Å²) < 4.78 is 15.0. The first-order chi connectivity index (χ1) is 8.99. The first-order valence-electron chi connectivity index (χ1n) is 5.73. The summed E-state index contributed by atoms with van der Waals surface area (Å²) in [6.07, 6.45) is 1.69. The molecule has 5 heteroatoms. The Labute approximate surface area is 115 Å². The lowest BCUT2D eigenvalue weighted by Crippen LogP contribution is -2.22. The number of aryl methyl sites for hydroxylation is 1. The number of pyridine rings is 1. The van der Waals surface area contributed by atoms with Crippen LogP contribution >= 0.6 is 12.2 Å². The maximum atomic E-state index is 13.5. The quantitative estimate of drug-likeness (QED) is 0.872. The van der Waals surface area contributed by atoms with E-state index in [9.17, 15) is 9.18 Å². The Morgan fingerprint density at radius 3 is 2.84 bits per heavy atom. The highest BCUT2D eigenvalue weighted by Crippen LogP contribution is 2.11. The van der Waals surface area contributed by atoms with E-state index < -0.39 is 5.82 Å². The Bertz CT molecular complexity index is 694. The number of rotatable bonds is 3. The second-order valence-corrected chi connectivity index (χ2v) is 4.74. The summed E-state index contributed by atoms with van der Waals surface area (Å²) in [6, 6.07) is 8.06. The van der Waals surface area contributed by atoms with Crippen LogP contribution in [0.15, 0.2) is 41.3 Å². The molecular formula is C14H13FN2OS. The Hall–Kier alpha value is -2.01. The average molecular weight is 276 g/mol. The van der Waals surface area contributed by atoms with Crippen LogP contribution in [0.25, 0.3) is 0 Å². The van der Waals surface area contributed by atoms with Crippen molar-refractivity contribution in [1.82, 2.24) is 4.57 Å². The predicted octanol–water partition coefficient (Wildman–Crippen LogP) is 1.98.